The maximum absolute atomic E-state index is 6.50. The van der Waals surface area contributed by atoms with Crippen molar-refractivity contribution < 1.29 is 31.2 Å². The minimum absolute atomic E-state index is 0.757. The molecule has 3 nitrogen and oxygen atoms in total. The van der Waals surface area contributed by atoms with Crippen LogP contribution in [0.4, 0.5) is 0 Å². The van der Waals surface area contributed by atoms with Crippen molar-refractivity contribution in [3.63, 3.8) is 0 Å². The van der Waals surface area contributed by atoms with Gasteiger partial charge in [-0.15, -0.1) is 0 Å². The SMILES string of the molecule is COc1ccc(C(=Cc2cc(C=C3C=C(c4ccccc4)Oc4ccccc43)c3ccccc3[o+]2)c2ccccc2)cc1.[Cl][Zn-]. The second-order valence-electron chi connectivity index (χ2n) is 10.3. The van der Waals surface area contributed by atoms with Crippen LogP contribution in [0.15, 0.2) is 150 Å². The van der Waals surface area contributed by atoms with Crippen molar-refractivity contribution in [1.82, 2.24) is 0 Å². The normalized spacial score (nSPS) is 13.2. The molecule has 0 saturated heterocycles. The van der Waals surface area contributed by atoms with E-state index >= 15 is 0 Å². The van der Waals surface area contributed by atoms with Gasteiger partial charge < -0.3 is 9.47 Å². The summed E-state index contributed by atoms with van der Waals surface area (Å²) < 4.78 is 18.3. The summed E-state index contributed by atoms with van der Waals surface area (Å²) in [6, 6.07) is 47.2. The van der Waals surface area contributed by atoms with Crippen LogP contribution < -0.4 is 9.47 Å². The Morgan fingerprint density at radius 3 is 2.13 bits per heavy atom. The monoisotopic (exact) mass is 656 g/mol. The number of ether oxygens (including phenoxy) is 2. The molecule has 0 saturated carbocycles. The van der Waals surface area contributed by atoms with Crippen LogP contribution in [-0.2, 0) is 17.3 Å². The average molecular weight is 659 g/mol. The number of hydrogen-bond donors (Lipinski definition) is 0. The van der Waals surface area contributed by atoms with Gasteiger partial charge in [-0.1, -0.05) is 103 Å². The van der Waals surface area contributed by atoms with Crippen LogP contribution in [0.3, 0.4) is 0 Å². The first-order valence-electron chi connectivity index (χ1n) is 14.6. The van der Waals surface area contributed by atoms with Gasteiger partial charge in [0.2, 0.25) is 0 Å². The van der Waals surface area contributed by atoms with E-state index in [4.69, 9.17) is 23.6 Å². The van der Waals surface area contributed by atoms with Crippen molar-refractivity contribution in [3.8, 4) is 11.5 Å². The molecule has 45 heavy (non-hydrogen) atoms. The van der Waals surface area contributed by atoms with E-state index in [1.807, 2.05) is 72.8 Å². The summed E-state index contributed by atoms with van der Waals surface area (Å²) in [4.78, 5) is 0. The number of fused-ring (bicyclic) bond motifs is 2. The van der Waals surface area contributed by atoms with Gasteiger partial charge in [-0.3, -0.25) is 0 Å². The Bertz CT molecular complexity index is 2020. The van der Waals surface area contributed by atoms with E-state index < -0.39 is 0 Å². The zero-order chi connectivity index (χ0) is 31.0. The summed E-state index contributed by atoms with van der Waals surface area (Å²) >= 11 is 0.847. The van der Waals surface area contributed by atoms with Crippen molar-refractivity contribution in [2.45, 2.75) is 0 Å². The van der Waals surface area contributed by atoms with E-state index in [0.29, 0.717) is 0 Å². The Labute approximate surface area is 277 Å². The second kappa shape index (κ2) is 14.3. The quantitative estimate of drug-likeness (QED) is 0.132. The van der Waals surface area contributed by atoms with Gasteiger partial charge >= 0.3 is 38.3 Å². The fraction of sp³-hybridized carbons (Fsp3) is 0.0250. The molecule has 0 spiro atoms. The summed E-state index contributed by atoms with van der Waals surface area (Å²) in [6.07, 6.45) is 6.47. The zero-order valence-electron chi connectivity index (χ0n) is 24.8. The molecule has 2 heterocycles. The van der Waals surface area contributed by atoms with E-state index in [-0.39, 0.29) is 0 Å². The Hall–Kier alpha value is -4.76. The molecule has 7 rings (SSSR count). The average Bonchev–Trinajstić information content (AvgIpc) is 3.12. The van der Waals surface area contributed by atoms with Gasteiger partial charge in [-0.2, -0.15) is 0 Å². The Balaban J connectivity index is 0.00000175. The Kier molecular flexibility index (Phi) is 9.66. The molecule has 0 unspecified atom stereocenters. The number of benzene rings is 5. The Morgan fingerprint density at radius 1 is 0.733 bits per heavy atom. The van der Waals surface area contributed by atoms with E-state index in [2.05, 4.69) is 85.0 Å². The molecule has 0 bridgehead atoms. The van der Waals surface area contributed by atoms with E-state index in [0.717, 1.165) is 90.3 Å². The summed E-state index contributed by atoms with van der Waals surface area (Å²) in [7, 11) is 6.45. The first-order chi connectivity index (χ1) is 22.2. The molecular formula is C40H29ClO3Zn. The first-order valence-corrected chi connectivity index (χ1v) is 18.5. The topological polar surface area (TPSA) is 29.8 Å². The van der Waals surface area contributed by atoms with Crippen molar-refractivity contribution >= 4 is 49.7 Å². The molecular weight excluding hydrogens is 629 g/mol. The summed E-state index contributed by atoms with van der Waals surface area (Å²) in [5.74, 6) is 3.24. The van der Waals surface area contributed by atoms with E-state index in [1.54, 1.807) is 7.11 Å². The van der Waals surface area contributed by atoms with Crippen molar-refractivity contribution in [2.24, 2.45) is 0 Å². The van der Waals surface area contributed by atoms with Crippen LogP contribution >= 0.6 is 9.69 Å². The molecule has 5 aromatic carbocycles. The molecule has 0 amide bonds. The number of para-hydroxylation sites is 2. The van der Waals surface area contributed by atoms with Crippen LogP contribution in [0.25, 0.3) is 40.0 Å². The molecule has 6 aromatic rings. The number of halogens is 1. The van der Waals surface area contributed by atoms with Crippen LogP contribution in [0.5, 0.6) is 11.5 Å². The first kappa shape index (κ1) is 30.3. The standard InChI is InChI=1S/C40H29O3.ClH.Zn/c1-41-33-22-20-29(21-23-33)37(28-12-4-2-5-13-28)27-34-25-31(35-16-8-10-18-38(35)42-34)24-32-26-40(30-14-6-3-7-15-30)43-39-19-11-9-17-36(32)39;;/h2-27H,1H3;1H;/q+1;;/p-1. The van der Waals surface area contributed by atoms with E-state index in [9.17, 15) is 0 Å². The molecule has 1 aromatic heterocycles. The molecule has 0 N–H and O–H groups in total. The summed E-state index contributed by atoms with van der Waals surface area (Å²) in [5, 5.41) is 1.04. The van der Waals surface area contributed by atoms with Crippen LogP contribution in [0.1, 0.15) is 33.6 Å². The number of hydrogen-bond acceptors (Lipinski definition) is 2. The molecule has 1 aliphatic heterocycles. The molecule has 5 heteroatoms. The van der Waals surface area contributed by atoms with Gasteiger partial charge in [0.25, 0.3) is 0 Å². The molecule has 0 aliphatic carbocycles. The van der Waals surface area contributed by atoms with Crippen molar-refractivity contribution in [3.05, 3.63) is 179 Å². The van der Waals surface area contributed by atoms with Crippen molar-refractivity contribution in [1.29, 1.82) is 0 Å². The number of allylic oxidation sites excluding steroid dienone is 2. The van der Waals surface area contributed by atoms with E-state index in [1.165, 1.54) is 0 Å². The third kappa shape index (κ3) is 6.83. The molecule has 0 radical (unpaired) electrons. The summed E-state index contributed by atoms with van der Waals surface area (Å²) in [6.45, 7) is 0. The molecule has 0 atom stereocenters. The van der Waals surface area contributed by atoms with Gasteiger partial charge in [0.05, 0.1) is 24.6 Å². The predicted molar refractivity (Wildman–Crippen MR) is 182 cm³/mol. The number of rotatable bonds is 6. The zero-order valence-corrected chi connectivity index (χ0v) is 28.5. The molecule has 0 fully saturated rings. The maximum atomic E-state index is 6.50. The fourth-order valence-corrected chi connectivity index (χ4v) is 5.43. The van der Waals surface area contributed by atoms with Gasteiger partial charge in [0.1, 0.15) is 17.3 Å². The van der Waals surface area contributed by atoms with Gasteiger partial charge in [0.15, 0.2) is 0 Å². The Morgan fingerprint density at radius 2 is 1.38 bits per heavy atom. The minimum atomic E-state index is 0.757. The fourth-order valence-electron chi connectivity index (χ4n) is 5.43. The van der Waals surface area contributed by atoms with Crippen LogP contribution in [0, 0.1) is 0 Å². The van der Waals surface area contributed by atoms with Gasteiger partial charge in [-0.25, -0.2) is 4.42 Å². The third-order valence-electron chi connectivity index (χ3n) is 7.57. The third-order valence-corrected chi connectivity index (χ3v) is 7.57. The van der Waals surface area contributed by atoms with Crippen LogP contribution in [-0.4, -0.2) is 7.11 Å². The van der Waals surface area contributed by atoms with Gasteiger partial charge in [-0.05, 0) is 58.7 Å². The number of methoxy groups -OCH3 is 1. The van der Waals surface area contributed by atoms with Crippen LogP contribution in [0.2, 0.25) is 0 Å². The second-order valence-corrected chi connectivity index (χ2v) is 10.3. The van der Waals surface area contributed by atoms with Crippen molar-refractivity contribution in [2.75, 3.05) is 7.11 Å². The predicted octanol–water partition coefficient (Wildman–Crippen LogP) is 11.0. The van der Waals surface area contributed by atoms with Gasteiger partial charge in [0, 0.05) is 22.8 Å². The summed E-state index contributed by atoms with van der Waals surface area (Å²) in [5.41, 5.74) is 8.27. The molecule has 216 valence electrons. The molecule has 1 aliphatic rings.